The normalized spacial score (nSPS) is 14.8. The molecule has 1 aliphatic rings. The average molecular weight is 365 g/mol. The van der Waals surface area contributed by atoms with Crippen molar-refractivity contribution in [1.29, 1.82) is 0 Å². The van der Waals surface area contributed by atoms with Gasteiger partial charge in [0, 0.05) is 12.6 Å². The van der Waals surface area contributed by atoms with Gasteiger partial charge >= 0.3 is 0 Å². The molecule has 134 valence electrons. The molecule has 1 atom stereocenters. The molecular formula is C17H19NO6S. The zero-order valence-corrected chi connectivity index (χ0v) is 14.5. The summed E-state index contributed by atoms with van der Waals surface area (Å²) in [5.74, 6) is 1.50. The molecule has 2 aromatic rings. The third-order valence-electron chi connectivity index (χ3n) is 3.77. The molecule has 3 rings (SSSR count). The van der Waals surface area contributed by atoms with E-state index >= 15 is 0 Å². The molecule has 0 saturated heterocycles. The van der Waals surface area contributed by atoms with Crippen LogP contribution in [0, 0.1) is 0 Å². The summed E-state index contributed by atoms with van der Waals surface area (Å²) >= 11 is 0. The maximum absolute atomic E-state index is 12.4. The van der Waals surface area contributed by atoms with Crippen molar-refractivity contribution in [2.75, 3.05) is 26.9 Å². The van der Waals surface area contributed by atoms with Gasteiger partial charge in [0.25, 0.3) is 0 Å². The lowest BCUT2D eigenvalue weighted by molar-refractivity contribution is 0.171. The second-order valence-electron chi connectivity index (χ2n) is 5.45. The standard InChI is InChI=1S/C17H19NO6S/c1-22-13-4-2-3-12(9-13)15(19)11-18-25(20,21)14-5-6-16-17(10-14)24-8-7-23-16/h2-6,9-10,15,18-19H,7-8,11H2,1H3. The summed E-state index contributed by atoms with van der Waals surface area (Å²) in [6.45, 7) is 0.645. The quantitative estimate of drug-likeness (QED) is 0.805. The smallest absolute Gasteiger partial charge is 0.240 e. The van der Waals surface area contributed by atoms with Crippen LogP contribution in [0.2, 0.25) is 0 Å². The Kier molecular flexibility index (Phi) is 5.12. The maximum atomic E-state index is 12.4. The lowest BCUT2D eigenvalue weighted by Crippen LogP contribution is -2.28. The fourth-order valence-corrected chi connectivity index (χ4v) is 3.48. The van der Waals surface area contributed by atoms with E-state index in [4.69, 9.17) is 14.2 Å². The highest BCUT2D eigenvalue weighted by Gasteiger charge is 2.20. The fraction of sp³-hybridized carbons (Fsp3) is 0.294. The highest BCUT2D eigenvalue weighted by Crippen LogP contribution is 2.32. The summed E-state index contributed by atoms with van der Waals surface area (Å²) in [6, 6.07) is 11.2. The molecule has 7 nitrogen and oxygen atoms in total. The Morgan fingerprint density at radius 2 is 1.92 bits per heavy atom. The van der Waals surface area contributed by atoms with E-state index in [-0.39, 0.29) is 11.4 Å². The lowest BCUT2D eigenvalue weighted by Gasteiger charge is -2.19. The van der Waals surface area contributed by atoms with Crippen molar-refractivity contribution in [3.8, 4) is 17.2 Å². The van der Waals surface area contributed by atoms with Crippen LogP contribution >= 0.6 is 0 Å². The Morgan fingerprint density at radius 1 is 1.16 bits per heavy atom. The van der Waals surface area contributed by atoms with Crippen LogP contribution in [0.1, 0.15) is 11.7 Å². The largest absolute Gasteiger partial charge is 0.497 e. The van der Waals surface area contributed by atoms with Gasteiger partial charge in [-0.2, -0.15) is 0 Å². The molecule has 0 spiro atoms. The molecule has 2 aromatic carbocycles. The van der Waals surface area contributed by atoms with Crippen LogP contribution in [0.25, 0.3) is 0 Å². The van der Waals surface area contributed by atoms with E-state index in [2.05, 4.69) is 4.72 Å². The van der Waals surface area contributed by atoms with E-state index in [1.54, 1.807) is 30.3 Å². The Bertz CT molecular complexity index is 852. The number of methoxy groups -OCH3 is 1. The number of hydrogen-bond acceptors (Lipinski definition) is 6. The molecule has 1 unspecified atom stereocenters. The van der Waals surface area contributed by atoms with Crippen molar-refractivity contribution >= 4 is 10.0 Å². The lowest BCUT2D eigenvalue weighted by atomic mass is 10.1. The van der Waals surface area contributed by atoms with Crippen LogP contribution in [0.5, 0.6) is 17.2 Å². The molecule has 25 heavy (non-hydrogen) atoms. The Morgan fingerprint density at radius 3 is 2.68 bits per heavy atom. The number of fused-ring (bicyclic) bond motifs is 1. The minimum absolute atomic E-state index is 0.0505. The number of sulfonamides is 1. The van der Waals surface area contributed by atoms with Crippen molar-refractivity contribution < 1.29 is 27.7 Å². The van der Waals surface area contributed by atoms with E-state index < -0.39 is 16.1 Å². The van der Waals surface area contributed by atoms with Crippen LogP contribution in [-0.4, -0.2) is 40.4 Å². The van der Waals surface area contributed by atoms with Gasteiger partial charge in [-0.3, -0.25) is 0 Å². The monoisotopic (exact) mass is 365 g/mol. The summed E-state index contributed by atoms with van der Waals surface area (Å²) in [7, 11) is -2.27. The predicted molar refractivity (Wildman–Crippen MR) is 90.6 cm³/mol. The first-order valence-corrected chi connectivity index (χ1v) is 9.19. The van der Waals surface area contributed by atoms with Crippen molar-refractivity contribution in [2.24, 2.45) is 0 Å². The van der Waals surface area contributed by atoms with Gasteiger partial charge in [0.05, 0.1) is 18.1 Å². The van der Waals surface area contributed by atoms with Crippen LogP contribution in [0.15, 0.2) is 47.4 Å². The van der Waals surface area contributed by atoms with Crippen molar-refractivity contribution in [1.82, 2.24) is 4.72 Å². The summed E-state index contributed by atoms with van der Waals surface area (Å²) in [6.07, 6.45) is -0.998. The zero-order chi connectivity index (χ0) is 17.9. The van der Waals surface area contributed by atoms with Gasteiger partial charge in [-0.05, 0) is 29.8 Å². The molecular weight excluding hydrogens is 346 g/mol. The first kappa shape index (κ1) is 17.5. The molecule has 0 bridgehead atoms. The van der Waals surface area contributed by atoms with Crippen LogP contribution in [0.4, 0.5) is 0 Å². The molecule has 0 radical (unpaired) electrons. The van der Waals surface area contributed by atoms with E-state index in [9.17, 15) is 13.5 Å². The average Bonchev–Trinajstić information content (AvgIpc) is 2.65. The van der Waals surface area contributed by atoms with Crippen molar-refractivity contribution in [3.05, 3.63) is 48.0 Å². The third-order valence-corrected chi connectivity index (χ3v) is 5.19. The van der Waals surface area contributed by atoms with Gasteiger partial charge in [-0.15, -0.1) is 0 Å². The third kappa shape index (κ3) is 4.04. The van der Waals surface area contributed by atoms with Gasteiger partial charge in [0.15, 0.2) is 11.5 Å². The molecule has 0 amide bonds. The van der Waals surface area contributed by atoms with Gasteiger partial charge < -0.3 is 19.3 Å². The minimum atomic E-state index is -3.79. The van der Waals surface area contributed by atoms with Crippen LogP contribution < -0.4 is 18.9 Å². The van der Waals surface area contributed by atoms with Crippen LogP contribution in [0.3, 0.4) is 0 Å². The molecule has 8 heteroatoms. The number of aliphatic hydroxyl groups is 1. The van der Waals surface area contributed by atoms with E-state index in [1.807, 2.05) is 0 Å². The number of aliphatic hydroxyl groups excluding tert-OH is 1. The molecule has 1 heterocycles. The van der Waals surface area contributed by atoms with Gasteiger partial charge in [-0.25, -0.2) is 13.1 Å². The van der Waals surface area contributed by atoms with Crippen molar-refractivity contribution in [2.45, 2.75) is 11.0 Å². The SMILES string of the molecule is COc1cccc(C(O)CNS(=O)(=O)c2ccc3c(c2)OCCO3)c1. The molecule has 0 aromatic heterocycles. The number of hydrogen-bond donors (Lipinski definition) is 2. The second kappa shape index (κ2) is 7.30. The number of nitrogens with one attached hydrogen (secondary N) is 1. The molecule has 0 saturated carbocycles. The molecule has 2 N–H and O–H groups in total. The Labute approximate surface area is 146 Å². The Hall–Kier alpha value is -2.29. The summed E-state index contributed by atoms with van der Waals surface area (Å²) in [5, 5.41) is 10.2. The fourth-order valence-electron chi connectivity index (χ4n) is 2.43. The van der Waals surface area contributed by atoms with Crippen LogP contribution in [-0.2, 0) is 10.0 Å². The second-order valence-corrected chi connectivity index (χ2v) is 7.22. The maximum Gasteiger partial charge on any atom is 0.240 e. The number of rotatable bonds is 6. The molecule has 1 aliphatic heterocycles. The van der Waals surface area contributed by atoms with E-state index in [0.717, 1.165) is 0 Å². The summed E-state index contributed by atoms with van der Waals surface area (Å²) in [5.41, 5.74) is 0.559. The first-order valence-electron chi connectivity index (χ1n) is 7.71. The molecule has 0 aliphatic carbocycles. The van der Waals surface area contributed by atoms with Gasteiger partial charge in [0.2, 0.25) is 10.0 Å². The first-order chi connectivity index (χ1) is 12.0. The minimum Gasteiger partial charge on any atom is -0.497 e. The van der Waals surface area contributed by atoms with Crippen molar-refractivity contribution in [3.63, 3.8) is 0 Å². The highest BCUT2D eigenvalue weighted by atomic mass is 32.2. The van der Waals surface area contributed by atoms with E-state index in [0.29, 0.717) is 36.0 Å². The summed E-state index contributed by atoms with van der Waals surface area (Å²) in [4.78, 5) is 0.0505. The summed E-state index contributed by atoms with van der Waals surface area (Å²) < 4.78 is 43.1. The van der Waals surface area contributed by atoms with E-state index in [1.165, 1.54) is 19.2 Å². The van der Waals surface area contributed by atoms with Gasteiger partial charge in [0.1, 0.15) is 19.0 Å². The molecule has 0 fully saturated rings. The number of benzene rings is 2. The van der Waals surface area contributed by atoms with Gasteiger partial charge in [-0.1, -0.05) is 12.1 Å². The predicted octanol–water partition coefficient (Wildman–Crippen LogP) is 1.48. The highest BCUT2D eigenvalue weighted by molar-refractivity contribution is 7.89. The zero-order valence-electron chi connectivity index (χ0n) is 13.6. The number of ether oxygens (including phenoxy) is 3. The Balaban J connectivity index is 1.71. The topological polar surface area (TPSA) is 94.1 Å².